The maximum Gasteiger partial charge on any atom is 0.268 e. The number of aromatic nitrogens is 2. The van der Waals surface area contributed by atoms with Gasteiger partial charge < -0.3 is 0 Å². The topological polar surface area (TPSA) is 54.9 Å². The fourth-order valence-corrected chi connectivity index (χ4v) is 3.63. The zero-order chi connectivity index (χ0) is 13.8. The second-order valence-corrected chi connectivity index (χ2v) is 6.14. The Labute approximate surface area is 122 Å². The van der Waals surface area contributed by atoms with Gasteiger partial charge in [-0.1, -0.05) is 12.8 Å². The summed E-state index contributed by atoms with van der Waals surface area (Å²) in [5.74, 6) is 0.256. The van der Waals surface area contributed by atoms with E-state index in [1.54, 1.807) is 29.8 Å². The van der Waals surface area contributed by atoms with Crippen LogP contribution in [0.2, 0.25) is 0 Å². The zero-order valence-electron chi connectivity index (χ0n) is 11.3. The Balaban J connectivity index is 1.76. The second kappa shape index (κ2) is 6.13. The molecule has 1 amide bonds. The van der Waals surface area contributed by atoms with Crippen molar-refractivity contribution in [2.45, 2.75) is 38.5 Å². The van der Waals surface area contributed by atoms with E-state index < -0.39 is 0 Å². The molecular weight excluding hydrogens is 270 g/mol. The lowest BCUT2D eigenvalue weighted by Gasteiger charge is -2.07. The van der Waals surface area contributed by atoms with Crippen LogP contribution in [0.1, 0.15) is 45.8 Å². The van der Waals surface area contributed by atoms with Gasteiger partial charge in [0.05, 0.1) is 4.88 Å². The highest BCUT2D eigenvalue weighted by atomic mass is 32.1. The summed E-state index contributed by atoms with van der Waals surface area (Å²) in [6, 6.07) is 3.77. The van der Waals surface area contributed by atoms with Crippen LogP contribution in [0.3, 0.4) is 0 Å². The van der Waals surface area contributed by atoms with Crippen LogP contribution in [-0.2, 0) is 12.8 Å². The smallest absolute Gasteiger partial charge is 0.268 e. The Morgan fingerprint density at radius 1 is 1.10 bits per heavy atom. The van der Waals surface area contributed by atoms with Gasteiger partial charge in [0.1, 0.15) is 0 Å². The van der Waals surface area contributed by atoms with Gasteiger partial charge in [-0.05, 0) is 43.4 Å². The van der Waals surface area contributed by atoms with Crippen LogP contribution in [-0.4, -0.2) is 15.9 Å². The first kappa shape index (κ1) is 13.2. The maximum atomic E-state index is 12.2. The summed E-state index contributed by atoms with van der Waals surface area (Å²) >= 11 is 1.62. The molecule has 0 fully saturated rings. The zero-order valence-corrected chi connectivity index (χ0v) is 12.1. The quantitative estimate of drug-likeness (QED) is 0.920. The predicted molar refractivity (Wildman–Crippen MR) is 80.2 cm³/mol. The summed E-state index contributed by atoms with van der Waals surface area (Å²) < 4.78 is 0. The SMILES string of the molecule is O=C(Nc1ncccn1)c1cc2c(s1)CCCCCC2. The number of nitrogens with zero attached hydrogens (tertiary/aromatic N) is 2. The number of nitrogens with one attached hydrogen (secondary N) is 1. The van der Waals surface area contributed by atoms with Gasteiger partial charge in [-0.25, -0.2) is 9.97 Å². The van der Waals surface area contributed by atoms with Crippen molar-refractivity contribution in [3.8, 4) is 0 Å². The molecule has 1 N–H and O–H groups in total. The highest BCUT2D eigenvalue weighted by molar-refractivity contribution is 7.14. The normalized spacial score (nSPS) is 15.0. The molecule has 0 saturated carbocycles. The molecule has 20 heavy (non-hydrogen) atoms. The van der Waals surface area contributed by atoms with Crippen molar-refractivity contribution in [1.29, 1.82) is 0 Å². The summed E-state index contributed by atoms with van der Waals surface area (Å²) in [4.78, 5) is 22.4. The molecule has 0 aliphatic heterocycles. The van der Waals surface area contributed by atoms with Crippen molar-refractivity contribution in [1.82, 2.24) is 9.97 Å². The van der Waals surface area contributed by atoms with Crippen LogP contribution in [0.4, 0.5) is 5.95 Å². The van der Waals surface area contributed by atoms with Crippen LogP contribution in [0.15, 0.2) is 24.5 Å². The molecule has 4 nitrogen and oxygen atoms in total. The van der Waals surface area contributed by atoms with Crippen LogP contribution < -0.4 is 5.32 Å². The molecule has 1 aliphatic rings. The summed E-state index contributed by atoms with van der Waals surface area (Å²) in [5, 5.41) is 2.75. The molecule has 0 spiro atoms. The molecule has 2 aromatic heterocycles. The first-order chi connectivity index (χ1) is 9.83. The average molecular weight is 287 g/mol. The average Bonchev–Trinajstić information content (AvgIpc) is 2.82. The number of thiophene rings is 1. The molecule has 0 saturated heterocycles. The molecule has 2 heterocycles. The summed E-state index contributed by atoms with van der Waals surface area (Å²) in [5.41, 5.74) is 1.36. The van der Waals surface area contributed by atoms with Crippen molar-refractivity contribution in [2.24, 2.45) is 0 Å². The second-order valence-electron chi connectivity index (χ2n) is 5.00. The van der Waals surface area contributed by atoms with Gasteiger partial charge in [0.2, 0.25) is 5.95 Å². The minimum atomic E-state index is -0.104. The molecule has 0 unspecified atom stereocenters. The van der Waals surface area contributed by atoms with E-state index in [4.69, 9.17) is 0 Å². The summed E-state index contributed by atoms with van der Waals surface area (Å²) in [6.07, 6.45) is 10.5. The van der Waals surface area contributed by atoms with Crippen LogP contribution in [0.25, 0.3) is 0 Å². The molecule has 0 aromatic carbocycles. The number of fused-ring (bicyclic) bond motifs is 1. The van der Waals surface area contributed by atoms with E-state index in [0.717, 1.165) is 17.7 Å². The summed E-state index contributed by atoms with van der Waals surface area (Å²) in [7, 11) is 0. The minimum absolute atomic E-state index is 0.104. The molecule has 0 bridgehead atoms. The molecule has 5 heteroatoms. The third-order valence-electron chi connectivity index (χ3n) is 3.51. The van der Waals surface area contributed by atoms with Gasteiger partial charge in [0.25, 0.3) is 5.91 Å². The molecule has 104 valence electrons. The van der Waals surface area contributed by atoms with Gasteiger partial charge in [0, 0.05) is 17.3 Å². The first-order valence-electron chi connectivity index (χ1n) is 7.03. The number of hydrogen-bond donors (Lipinski definition) is 1. The lowest BCUT2D eigenvalue weighted by molar-refractivity contribution is 0.102. The van der Waals surface area contributed by atoms with Crippen LogP contribution in [0, 0.1) is 0 Å². The molecule has 2 aromatic rings. The Morgan fingerprint density at radius 3 is 2.65 bits per heavy atom. The Kier molecular flexibility index (Phi) is 4.06. The van der Waals surface area contributed by atoms with Crippen molar-refractivity contribution in [2.75, 3.05) is 5.32 Å². The van der Waals surface area contributed by atoms with Crippen LogP contribution >= 0.6 is 11.3 Å². The molecular formula is C15H17N3OS. The third kappa shape index (κ3) is 3.04. The number of rotatable bonds is 2. The first-order valence-corrected chi connectivity index (χ1v) is 7.84. The number of carbonyl (C=O) groups excluding carboxylic acids is 1. The van der Waals surface area contributed by atoms with E-state index in [0.29, 0.717) is 5.95 Å². The maximum absolute atomic E-state index is 12.2. The molecule has 0 atom stereocenters. The number of anilines is 1. The third-order valence-corrected chi connectivity index (χ3v) is 4.75. The number of hydrogen-bond acceptors (Lipinski definition) is 4. The van der Waals surface area contributed by atoms with E-state index in [-0.39, 0.29) is 5.91 Å². The lowest BCUT2D eigenvalue weighted by Crippen LogP contribution is -2.12. The largest absolute Gasteiger partial charge is 0.290 e. The molecule has 1 aliphatic carbocycles. The van der Waals surface area contributed by atoms with Gasteiger partial charge in [0.15, 0.2) is 0 Å². The number of amides is 1. The fourth-order valence-electron chi connectivity index (χ4n) is 2.48. The number of carbonyl (C=O) groups is 1. The highest BCUT2D eigenvalue weighted by Crippen LogP contribution is 2.28. The van der Waals surface area contributed by atoms with Gasteiger partial charge in [-0.15, -0.1) is 11.3 Å². The van der Waals surface area contributed by atoms with Gasteiger partial charge in [-0.3, -0.25) is 10.1 Å². The Morgan fingerprint density at radius 2 is 1.85 bits per heavy atom. The van der Waals surface area contributed by atoms with E-state index in [1.807, 2.05) is 6.07 Å². The molecule has 0 radical (unpaired) electrons. The highest BCUT2D eigenvalue weighted by Gasteiger charge is 2.16. The standard InChI is InChI=1S/C15H17N3OS/c19-14(18-15-16-8-5-9-17-15)13-10-11-6-3-1-2-4-7-12(11)20-13/h5,8-10H,1-4,6-7H2,(H,16,17,18,19). The molecule has 3 rings (SSSR count). The monoisotopic (exact) mass is 287 g/mol. The Hall–Kier alpha value is -1.75. The summed E-state index contributed by atoms with van der Waals surface area (Å²) in [6.45, 7) is 0. The van der Waals surface area contributed by atoms with E-state index in [1.165, 1.54) is 36.1 Å². The lowest BCUT2D eigenvalue weighted by atomic mass is 10.00. The van der Waals surface area contributed by atoms with Crippen molar-refractivity contribution in [3.05, 3.63) is 39.8 Å². The Bertz CT molecular complexity index is 569. The van der Waals surface area contributed by atoms with E-state index in [2.05, 4.69) is 15.3 Å². The number of aryl methyl sites for hydroxylation is 2. The van der Waals surface area contributed by atoms with E-state index >= 15 is 0 Å². The predicted octanol–water partition coefficient (Wildman–Crippen LogP) is 3.45. The van der Waals surface area contributed by atoms with Crippen molar-refractivity contribution >= 4 is 23.2 Å². The van der Waals surface area contributed by atoms with Crippen LogP contribution in [0.5, 0.6) is 0 Å². The fraction of sp³-hybridized carbons (Fsp3) is 0.400. The van der Waals surface area contributed by atoms with Crippen molar-refractivity contribution in [3.63, 3.8) is 0 Å². The van der Waals surface area contributed by atoms with E-state index in [9.17, 15) is 4.79 Å². The van der Waals surface area contributed by atoms with Crippen molar-refractivity contribution < 1.29 is 4.79 Å². The van der Waals surface area contributed by atoms with Gasteiger partial charge >= 0.3 is 0 Å². The van der Waals surface area contributed by atoms with Gasteiger partial charge in [-0.2, -0.15) is 0 Å². The minimum Gasteiger partial charge on any atom is -0.290 e.